The molecular weight excluding hydrogens is 358 g/mol. The Kier molecular flexibility index (Phi) is 5.72. The number of hydrogen-bond donors (Lipinski definition) is 2. The molecule has 26 heavy (non-hydrogen) atoms. The maximum absolute atomic E-state index is 12.3. The van der Waals surface area contributed by atoms with E-state index in [0.717, 1.165) is 12.8 Å². The van der Waals surface area contributed by atoms with Gasteiger partial charge in [0.15, 0.2) is 0 Å². The van der Waals surface area contributed by atoms with Crippen molar-refractivity contribution < 1.29 is 14.1 Å². The molecule has 8 nitrogen and oxygen atoms in total. The number of carbonyl (C=O) groups excluding carboxylic acids is 2. The Hall–Kier alpha value is -2.61. The first-order chi connectivity index (χ1) is 12.5. The number of benzene rings is 1. The molecule has 1 aliphatic heterocycles. The Bertz CT molecular complexity index is 794. The van der Waals surface area contributed by atoms with E-state index in [2.05, 4.69) is 20.8 Å². The van der Waals surface area contributed by atoms with Gasteiger partial charge in [-0.2, -0.15) is 4.98 Å². The average molecular weight is 378 g/mol. The van der Waals surface area contributed by atoms with E-state index in [1.165, 1.54) is 6.92 Å². The summed E-state index contributed by atoms with van der Waals surface area (Å²) >= 11 is 6.12. The fourth-order valence-corrected chi connectivity index (χ4v) is 3.13. The van der Waals surface area contributed by atoms with Gasteiger partial charge in [-0.1, -0.05) is 28.9 Å². The van der Waals surface area contributed by atoms with Crippen LogP contribution in [0.1, 0.15) is 25.7 Å². The lowest BCUT2D eigenvalue weighted by Gasteiger charge is -2.32. The molecule has 2 N–H and O–H groups in total. The lowest BCUT2D eigenvalue weighted by atomic mass is 10.1. The van der Waals surface area contributed by atoms with Crippen molar-refractivity contribution >= 4 is 23.5 Å². The highest BCUT2D eigenvalue weighted by atomic mass is 35.5. The summed E-state index contributed by atoms with van der Waals surface area (Å²) in [4.78, 5) is 29.4. The molecule has 2 aromatic rings. The largest absolute Gasteiger partial charge is 0.352 e. The van der Waals surface area contributed by atoms with E-state index in [0.29, 0.717) is 35.4 Å². The number of piperidine rings is 1. The summed E-state index contributed by atoms with van der Waals surface area (Å²) < 4.78 is 5.18. The number of halogens is 1. The standard InChI is InChI=1S/C17H20ClN5O3/c1-11(24)20-12-5-4-8-23(10-12)17(25)19-9-15-21-16(22-26-15)13-6-2-3-7-14(13)18/h2-3,6-7,12H,4-5,8-10H2,1H3,(H,19,25)(H,20,24)/t12-/m1/s1. The SMILES string of the molecule is CC(=O)N[C@@H]1CCCN(C(=O)NCc2nc(-c3ccccc3Cl)no2)C1. The van der Waals surface area contributed by atoms with E-state index in [9.17, 15) is 9.59 Å². The van der Waals surface area contributed by atoms with Crippen LogP contribution in [-0.2, 0) is 11.3 Å². The minimum atomic E-state index is -0.224. The molecule has 1 aromatic carbocycles. The van der Waals surface area contributed by atoms with Gasteiger partial charge in [-0.15, -0.1) is 0 Å². The number of carbonyl (C=O) groups is 2. The number of aromatic nitrogens is 2. The fraction of sp³-hybridized carbons (Fsp3) is 0.412. The van der Waals surface area contributed by atoms with Crippen LogP contribution in [0, 0.1) is 0 Å². The van der Waals surface area contributed by atoms with Crippen molar-refractivity contribution in [1.29, 1.82) is 0 Å². The monoisotopic (exact) mass is 377 g/mol. The van der Waals surface area contributed by atoms with E-state index in [1.54, 1.807) is 17.0 Å². The molecule has 0 spiro atoms. The van der Waals surface area contributed by atoms with Gasteiger partial charge in [0.05, 0.1) is 11.6 Å². The Labute approximate surface area is 155 Å². The third kappa shape index (κ3) is 4.51. The van der Waals surface area contributed by atoms with E-state index in [4.69, 9.17) is 16.1 Å². The van der Waals surface area contributed by atoms with Crippen molar-refractivity contribution in [2.45, 2.75) is 32.4 Å². The van der Waals surface area contributed by atoms with Crippen molar-refractivity contribution in [3.05, 3.63) is 35.2 Å². The first kappa shape index (κ1) is 18.2. The topological polar surface area (TPSA) is 100 Å². The molecule has 1 fully saturated rings. The molecule has 3 amide bonds. The summed E-state index contributed by atoms with van der Waals surface area (Å²) in [5.74, 6) is 0.586. The molecule has 0 aliphatic carbocycles. The zero-order valence-electron chi connectivity index (χ0n) is 14.4. The van der Waals surface area contributed by atoms with Gasteiger partial charge in [-0.3, -0.25) is 4.79 Å². The van der Waals surface area contributed by atoms with E-state index in [1.807, 2.05) is 12.1 Å². The van der Waals surface area contributed by atoms with E-state index < -0.39 is 0 Å². The first-order valence-corrected chi connectivity index (χ1v) is 8.78. The Morgan fingerprint density at radius 3 is 2.96 bits per heavy atom. The summed E-state index contributed by atoms with van der Waals surface area (Å²) in [6, 6.07) is 6.96. The third-order valence-corrected chi connectivity index (χ3v) is 4.42. The van der Waals surface area contributed by atoms with Crippen LogP contribution in [0.5, 0.6) is 0 Å². The lowest BCUT2D eigenvalue weighted by molar-refractivity contribution is -0.119. The summed E-state index contributed by atoms with van der Waals surface area (Å²) in [5.41, 5.74) is 0.671. The third-order valence-electron chi connectivity index (χ3n) is 4.09. The lowest BCUT2D eigenvalue weighted by Crippen LogP contribution is -2.51. The molecule has 138 valence electrons. The molecule has 3 rings (SSSR count). The van der Waals surface area contributed by atoms with Crippen LogP contribution in [0.3, 0.4) is 0 Å². The van der Waals surface area contributed by atoms with Gasteiger partial charge in [0.1, 0.15) is 0 Å². The van der Waals surface area contributed by atoms with Gasteiger partial charge in [0.2, 0.25) is 17.6 Å². The minimum Gasteiger partial charge on any atom is -0.352 e. The predicted molar refractivity (Wildman–Crippen MR) is 95.4 cm³/mol. The van der Waals surface area contributed by atoms with Crippen LogP contribution in [0.25, 0.3) is 11.4 Å². The van der Waals surface area contributed by atoms with Crippen LogP contribution < -0.4 is 10.6 Å². The second-order valence-electron chi connectivity index (χ2n) is 6.14. The molecule has 0 saturated carbocycles. The molecular formula is C17H20ClN5O3. The van der Waals surface area contributed by atoms with Gasteiger partial charge < -0.3 is 20.1 Å². The smallest absolute Gasteiger partial charge is 0.317 e. The van der Waals surface area contributed by atoms with E-state index >= 15 is 0 Å². The molecule has 9 heteroatoms. The molecule has 0 radical (unpaired) electrons. The zero-order chi connectivity index (χ0) is 18.5. The van der Waals surface area contributed by atoms with Crippen molar-refractivity contribution in [3.8, 4) is 11.4 Å². The summed E-state index contributed by atoms with van der Waals surface area (Å²) in [7, 11) is 0. The van der Waals surface area contributed by atoms with Gasteiger partial charge in [-0.05, 0) is 25.0 Å². The molecule has 1 saturated heterocycles. The fourth-order valence-electron chi connectivity index (χ4n) is 2.91. The Balaban J connectivity index is 1.55. The molecule has 1 aliphatic rings. The zero-order valence-corrected chi connectivity index (χ0v) is 15.1. The number of nitrogens with zero attached hydrogens (tertiary/aromatic N) is 3. The van der Waals surface area contributed by atoms with Crippen molar-refractivity contribution in [2.24, 2.45) is 0 Å². The number of nitrogens with one attached hydrogen (secondary N) is 2. The van der Waals surface area contributed by atoms with Crippen molar-refractivity contribution in [1.82, 2.24) is 25.7 Å². The maximum atomic E-state index is 12.3. The predicted octanol–water partition coefficient (Wildman–Crippen LogP) is 2.20. The van der Waals surface area contributed by atoms with Crippen LogP contribution >= 0.6 is 11.6 Å². The van der Waals surface area contributed by atoms with Gasteiger partial charge >= 0.3 is 6.03 Å². The summed E-state index contributed by atoms with van der Waals surface area (Å²) in [6.07, 6.45) is 1.71. The second-order valence-corrected chi connectivity index (χ2v) is 6.54. The average Bonchev–Trinajstić information content (AvgIpc) is 3.08. The van der Waals surface area contributed by atoms with Gasteiger partial charge in [0.25, 0.3) is 0 Å². The minimum absolute atomic E-state index is 0.0118. The second kappa shape index (κ2) is 8.18. The van der Waals surface area contributed by atoms with Crippen molar-refractivity contribution in [2.75, 3.05) is 13.1 Å². The van der Waals surface area contributed by atoms with E-state index in [-0.39, 0.29) is 24.5 Å². The van der Waals surface area contributed by atoms with Crippen molar-refractivity contribution in [3.63, 3.8) is 0 Å². The highest BCUT2D eigenvalue weighted by Crippen LogP contribution is 2.24. The highest BCUT2D eigenvalue weighted by molar-refractivity contribution is 6.33. The quantitative estimate of drug-likeness (QED) is 0.850. The van der Waals surface area contributed by atoms with Gasteiger partial charge in [-0.25, -0.2) is 4.79 Å². The molecule has 1 atom stereocenters. The molecule has 2 heterocycles. The Morgan fingerprint density at radius 1 is 1.38 bits per heavy atom. The normalized spacial score (nSPS) is 17.0. The number of rotatable bonds is 4. The van der Waals surface area contributed by atoms with Crippen LogP contribution in [0.2, 0.25) is 5.02 Å². The number of urea groups is 1. The van der Waals surface area contributed by atoms with Crippen LogP contribution in [0.4, 0.5) is 4.79 Å². The molecule has 0 bridgehead atoms. The van der Waals surface area contributed by atoms with Crippen LogP contribution in [-0.4, -0.2) is 46.1 Å². The molecule has 0 unspecified atom stereocenters. The summed E-state index contributed by atoms with van der Waals surface area (Å²) in [5, 5.41) is 10.0. The maximum Gasteiger partial charge on any atom is 0.317 e. The number of amides is 3. The van der Waals surface area contributed by atoms with Gasteiger partial charge in [0, 0.05) is 31.6 Å². The summed E-state index contributed by atoms with van der Waals surface area (Å²) in [6.45, 7) is 2.74. The number of hydrogen-bond acceptors (Lipinski definition) is 5. The first-order valence-electron chi connectivity index (χ1n) is 8.40. The molecule has 1 aromatic heterocycles. The number of likely N-dealkylation sites (tertiary alicyclic amines) is 1. The Morgan fingerprint density at radius 2 is 2.19 bits per heavy atom. The van der Waals surface area contributed by atoms with Crippen LogP contribution in [0.15, 0.2) is 28.8 Å². The highest BCUT2D eigenvalue weighted by Gasteiger charge is 2.24.